The first kappa shape index (κ1) is 15.8. The quantitative estimate of drug-likeness (QED) is 0.727. The average Bonchev–Trinajstić information content (AvgIpc) is 3.38. The van der Waals surface area contributed by atoms with Gasteiger partial charge in [0.15, 0.2) is 0 Å². The number of hydrogen-bond donors (Lipinski definition) is 1. The van der Waals surface area contributed by atoms with E-state index in [0.717, 1.165) is 11.3 Å². The largest absolute Gasteiger partial charge is 0.468 e. The number of furan rings is 2. The van der Waals surface area contributed by atoms with Crippen LogP contribution in [0.3, 0.4) is 0 Å². The summed E-state index contributed by atoms with van der Waals surface area (Å²) in [5, 5.41) is 19.3. The Balaban J connectivity index is 2.11. The highest BCUT2D eigenvalue weighted by Crippen LogP contribution is 2.35. The van der Waals surface area contributed by atoms with E-state index in [9.17, 15) is 15.3 Å². The van der Waals surface area contributed by atoms with Crippen molar-refractivity contribution in [3.63, 3.8) is 0 Å². The summed E-state index contributed by atoms with van der Waals surface area (Å²) in [5.41, 5.74) is 6.07. The molecule has 0 bridgehead atoms. The van der Waals surface area contributed by atoms with Crippen molar-refractivity contribution in [3.8, 4) is 12.1 Å². The lowest BCUT2D eigenvalue weighted by atomic mass is 9.88. The van der Waals surface area contributed by atoms with Crippen molar-refractivity contribution in [3.05, 3.63) is 73.4 Å². The van der Waals surface area contributed by atoms with Gasteiger partial charge in [-0.25, -0.2) is 0 Å². The maximum absolute atomic E-state index is 12.8. The van der Waals surface area contributed by atoms with Crippen LogP contribution in [0.15, 0.2) is 56.0 Å². The van der Waals surface area contributed by atoms with Gasteiger partial charge < -0.3 is 14.6 Å². The first-order valence-electron chi connectivity index (χ1n) is 7.50. The third-order valence-corrected chi connectivity index (χ3v) is 5.14. The summed E-state index contributed by atoms with van der Waals surface area (Å²) in [7, 11) is 0. The lowest BCUT2D eigenvalue weighted by molar-refractivity contribution is 0.508. The Bertz CT molecular complexity index is 1280. The van der Waals surface area contributed by atoms with Crippen LogP contribution in [0.1, 0.15) is 17.4 Å². The summed E-state index contributed by atoms with van der Waals surface area (Å²) in [6.07, 6.45) is 4.54. The van der Waals surface area contributed by atoms with Crippen LogP contribution in [0.2, 0.25) is 0 Å². The molecule has 0 saturated carbocycles. The normalized spacial score (nSPS) is 17.1. The second-order valence-corrected chi connectivity index (χ2v) is 6.49. The molecule has 8 heteroatoms. The third kappa shape index (κ3) is 2.21. The van der Waals surface area contributed by atoms with Gasteiger partial charge in [-0.2, -0.15) is 10.5 Å². The van der Waals surface area contributed by atoms with E-state index < -0.39 is 11.5 Å². The van der Waals surface area contributed by atoms with Crippen molar-refractivity contribution in [1.82, 2.24) is 4.57 Å². The van der Waals surface area contributed by atoms with Gasteiger partial charge in [-0.15, -0.1) is 11.3 Å². The molecule has 0 aromatic carbocycles. The number of aromatic nitrogens is 1. The zero-order chi connectivity index (χ0) is 18.3. The highest BCUT2D eigenvalue weighted by atomic mass is 32.1. The van der Waals surface area contributed by atoms with Gasteiger partial charge in [0.1, 0.15) is 22.0 Å². The molecule has 0 fully saturated rings. The maximum atomic E-state index is 12.8. The third-order valence-electron chi connectivity index (χ3n) is 4.03. The summed E-state index contributed by atoms with van der Waals surface area (Å²) in [4.78, 5) is 12.8. The zero-order valence-corrected chi connectivity index (χ0v) is 14.0. The number of hydrogen-bond acceptors (Lipinski definition) is 7. The van der Waals surface area contributed by atoms with Crippen molar-refractivity contribution in [2.45, 2.75) is 5.92 Å². The van der Waals surface area contributed by atoms with E-state index in [2.05, 4.69) is 6.07 Å². The fourth-order valence-electron chi connectivity index (χ4n) is 2.89. The van der Waals surface area contributed by atoms with E-state index in [0.29, 0.717) is 20.7 Å². The number of nitrogens with two attached hydrogens (primary N) is 1. The van der Waals surface area contributed by atoms with Crippen molar-refractivity contribution in [2.75, 3.05) is 0 Å². The van der Waals surface area contributed by atoms with Crippen LogP contribution in [-0.4, -0.2) is 4.57 Å². The minimum Gasteiger partial charge on any atom is -0.468 e. The highest BCUT2D eigenvalue weighted by molar-refractivity contribution is 7.07. The Kier molecular flexibility index (Phi) is 3.61. The molecule has 0 amide bonds. The van der Waals surface area contributed by atoms with Crippen LogP contribution in [-0.2, 0) is 0 Å². The first-order valence-corrected chi connectivity index (χ1v) is 8.32. The van der Waals surface area contributed by atoms with Gasteiger partial charge in [0.25, 0.3) is 5.56 Å². The van der Waals surface area contributed by atoms with E-state index >= 15 is 0 Å². The molecule has 7 nitrogen and oxygen atoms in total. The second-order valence-electron chi connectivity index (χ2n) is 5.46. The highest BCUT2D eigenvalue weighted by Gasteiger charge is 2.33. The fourth-order valence-corrected chi connectivity index (χ4v) is 4.00. The van der Waals surface area contributed by atoms with Crippen molar-refractivity contribution in [2.24, 2.45) is 5.73 Å². The zero-order valence-electron chi connectivity index (χ0n) is 13.2. The van der Waals surface area contributed by atoms with Crippen molar-refractivity contribution < 1.29 is 8.83 Å². The number of nitrogens with zero attached hydrogens (tertiary/aromatic N) is 3. The Hall–Kier alpha value is -3.75. The van der Waals surface area contributed by atoms with Gasteiger partial charge >= 0.3 is 0 Å². The van der Waals surface area contributed by atoms with Gasteiger partial charge in [-0.3, -0.25) is 9.36 Å². The predicted molar refractivity (Wildman–Crippen MR) is 93.6 cm³/mol. The molecule has 1 aliphatic rings. The monoisotopic (exact) mass is 362 g/mol. The Labute approximate surface area is 150 Å². The van der Waals surface area contributed by atoms with E-state index in [1.165, 1.54) is 17.1 Å². The van der Waals surface area contributed by atoms with Gasteiger partial charge in [0, 0.05) is 6.08 Å². The van der Waals surface area contributed by atoms with Gasteiger partial charge in [0.05, 0.1) is 46.3 Å². The molecule has 26 heavy (non-hydrogen) atoms. The van der Waals surface area contributed by atoms with Crippen LogP contribution in [0.5, 0.6) is 0 Å². The van der Waals surface area contributed by atoms with Crippen LogP contribution < -0.4 is 20.5 Å². The van der Waals surface area contributed by atoms with Gasteiger partial charge in [-0.05, 0) is 24.3 Å². The average molecular weight is 362 g/mol. The van der Waals surface area contributed by atoms with Crippen molar-refractivity contribution >= 4 is 28.8 Å². The number of allylic oxidation sites excluding steroid dienone is 1. The summed E-state index contributed by atoms with van der Waals surface area (Å²) >= 11 is 1.12. The summed E-state index contributed by atoms with van der Waals surface area (Å²) in [6.45, 7) is 0. The van der Waals surface area contributed by atoms with Crippen LogP contribution in [0, 0.1) is 22.7 Å². The molecular formula is C18H10N4O3S. The number of nitriles is 2. The Morgan fingerprint density at radius 1 is 1.15 bits per heavy atom. The fraction of sp³-hybridized carbons (Fsp3) is 0.0556. The minimum atomic E-state index is -0.741. The molecule has 0 aliphatic carbocycles. The first-order chi connectivity index (χ1) is 12.7. The molecule has 3 aromatic rings. The molecule has 1 unspecified atom stereocenters. The molecule has 0 saturated heterocycles. The summed E-state index contributed by atoms with van der Waals surface area (Å²) in [6, 6.07) is 10.9. The van der Waals surface area contributed by atoms with Gasteiger partial charge in [-0.1, -0.05) is 0 Å². The van der Waals surface area contributed by atoms with E-state index in [1.54, 1.807) is 30.3 Å². The summed E-state index contributed by atoms with van der Waals surface area (Å²) < 4.78 is 12.6. The van der Waals surface area contributed by atoms with Gasteiger partial charge in [0.2, 0.25) is 0 Å². The number of rotatable bonds is 2. The van der Waals surface area contributed by atoms with Crippen LogP contribution in [0.4, 0.5) is 0 Å². The van der Waals surface area contributed by atoms with Crippen LogP contribution >= 0.6 is 11.3 Å². The van der Waals surface area contributed by atoms with E-state index in [-0.39, 0.29) is 17.0 Å². The molecule has 2 N–H and O–H groups in total. The lowest BCUT2D eigenvalue weighted by Gasteiger charge is -2.19. The Morgan fingerprint density at radius 3 is 2.50 bits per heavy atom. The van der Waals surface area contributed by atoms with E-state index in [1.807, 2.05) is 6.07 Å². The van der Waals surface area contributed by atoms with E-state index in [4.69, 9.17) is 14.6 Å². The molecule has 4 heterocycles. The minimum absolute atomic E-state index is 0.00300. The summed E-state index contributed by atoms with van der Waals surface area (Å²) in [5.74, 6) is 0.188. The standard InChI is InChI=1S/C18H10N4O3S/c19-8-11-15(13-4-2-6-25-13)12(9-20)18-22(16(11)21)17(23)14(26-18)7-10-3-1-5-24-10/h1-7,15H,21H2. The predicted octanol–water partition coefficient (Wildman–Crippen LogP) is 1.05. The molecule has 0 radical (unpaired) electrons. The molecule has 1 aliphatic heterocycles. The number of fused-ring (bicyclic) bond motifs is 1. The molecule has 126 valence electrons. The smallest absolute Gasteiger partial charge is 0.274 e. The molecule has 4 rings (SSSR count). The molecule has 0 spiro atoms. The molecule has 3 aromatic heterocycles. The topological polar surface area (TPSA) is 122 Å². The second kappa shape index (κ2) is 5.96. The SMILES string of the molecule is N#CC1=C(N)n2c(sc(=Cc3ccco3)c2=O)=C(C#N)C1c1ccco1. The number of thiazole rings is 1. The Morgan fingerprint density at radius 2 is 1.88 bits per heavy atom. The maximum Gasteiger partial charge on any atom is 0.274 e. The van der Waals surface area contributed by atoms with Crippen LogP contribution in [0.25, 0.3) is 17.5 Å². The molecular weight excluding hydrogens is 352 g/mol. The lowest BCUT2D eigenvalue weighted by Crippen LogP contribution is -2.38. The molecule has 1 atom stereocenters. The van der Waals surface area contributed by atoms with Crippen molar-refractivity contribution in [1.29, 1.82) is 10.5 Å².